The van der Waals surface area contributed by atoms with Gasteiger partial charge < -0.3 is 9.84 Å². The molecule has 0 aromatic carbocycles. The Bertz CT molecular complexity index is 231. The lowest BCUT2D eigenvalue weighted by Gasteiger charge is -2.24. The molecule has 2 heteroatoms. The van der Waals surface area contributed by atoms with Gasteiger partial charge in [-0.25, -0.2) is 0 Å². The molecule has 0 bridgehead atoms. The summed E-state index contributed by atoms with van der Waals surface area (Å²) < 4.78 is 6.27. The van der Waals surface area contributed by atoms with E-state index in [1.807, 2.05) is 0 Å². The largest absolute Gasteiger partial charge is 0.393 e. The highest BCUT2D eigenvalue weighted by Crippen LogP contribution is 2.44. The van der Waals surface area contributed by atoms with Crippen molar-refractivity contribution >= 4 is 0 Å². The Morgan fingerprint density at radius 1 is 1.24 bits per heavy atom. The van der Waals surface area contributed by atoms with E-state index in [4.69, 9.17) is 4.74 Å². The van der Waals surface area contributed by atoms with Crippen LogP contribution in [0.25, 0.3) is 0 Å². The number of ether oxygens (including phenoxy) is 1. The first kappa shape index (κ1) is 13.4. The summed E-state index contributed by atoms with van der Waals surface area (Å²) in [4.78, 5) is 0. The summed E-state index contributed by atoms with van der Waals surface area (Å²) in [6, 6.07) is 0. The first-order valence-corrected chi connectivity index (χ1v) is 7.47. The minimum Gasteiger partial charge on any atom is -0.393 e. The zero-order valence-corrected chi connectivity index (χ0v) is 11.5. The predicted molar refractivity (Wildman–Crippen MR) is 70.0 cm³/mol. The normalized spacial score (nSPS) is 29.3. The van der Waals surface area contributed by atoms with Gasteiger partial charge in [0.15, 0.2) is 0 Å². The van der Waals surface area contributed by atoms with Crippen LogP contribution >= 0.6 is 0 Å². The third-order valence-corrected chi connectivity index (χ3v) is 4.65. The maximum atomic E-state index is 9.76. The summed E-state index contributed by atoms with van der Waals surface area (Å²) in [5, 5.41) is 9.76. The van der Waals surface area contributed by atoms with Gasteiger partial charge in [-0.2, -0.15) is 0 Å². The van der Waals surface area contributed by atoms with E-state index in [9.17, 15) is 5.11 Å². The number of aliphatic hydroxyl groups excluding tert-OH is 1. The monoisotopic (exact) mass is 240 g/mol. The lowest BCUT2D eigenvalue weighted by molar-refractivity contribution is -0.0406. The third-order valence-electron chi connectivity index (χ3n) is 4.65. The van der Waals surface area contributed by atoms with Crippen molar-refractivity contribution in [3.8, 4) is 0 Å². The van der Waals surface area contributed by atoms with Crippen LogP contribution in [0.3, 0.4) is 0 Å². The molecule has 2 atom stereocenters. The summed E-state index contributed by atoms with van der Waals surface area (Å²) in [6.45, 7) is 4.18. The Morgan fingerprint density at radius 3 is 2.59 bits per heavy atom. The lowest BCUT2D eigenvalue weighted by Crippen LogP contribution is -2.25. The molecule has 17 heavy (non-hydrogen) atoms. The van der Waals surface area contributed by atoms with E-state index in [0.29, 0.717) is 12.0 Å². The Morgan fingerprint density at radius 2 is 1.94 bits per heavy atom. The average molecular weight is 240 g/mol. The highest BCUT2D eigenvalue weighted by molar-refractivity contribution is 4.92. The van der Waals surface area contributed by atoms with Crippen LogP contribution in [-0.2, 0) is 4.74 Å². The minimum absolute atomic E-state index is 0.128. The van der Waals surface area contributed by atoms with Crippen molar-refractivity contribution in [1.82, 2.24) is 0 Å². The Balaban J connectivity index is 1.65. The molecule has 0 aromatic heterocycles. The van der Waals surface area contributed by atoms with Gasteiger partial charge in [-0.1, -0.05) is 26.7 Å². The molecule has 1 heterocycles. The molecule has 1 aliphatic carbocycles. The van der Waals surface area contributed by atoms with Gasteiger partial charge in [0.05, 0.1) is 17.8 Å². The Labute approximate surface area is 106 Å². The fourth-order valence-electron chi connectivity index (χ4n) is 3.37. The van der Waals surface area contributed by atoms with Gasteiger partial charge in [0.1, 0.15) is 0 Å². The molecule has 2 fully saturated rings. The molecule has 1 saturated carbocycles. The Kier molecular flexibility index (Phi) is 4.48. The molecule has 2 nitrogen and oxygen atoms in total. The first-order chi connectivity index (χ1) is 8.11. The molecule has 100 valence electrons. The number of aliphatic hydroxyl groups is 1. The van der Waals surface area contributed by atoms with Gasteiger partial charge in [-0.15, -0.1) is 0 Å². The van der Waals surface area contributed by atoms with Crippen LogP contribution in [0.2, 0.25) is 0 Å². The second-order valence-corrected chi connectivity index (χ2v) is 6.41. The van der Waals surface area contributed by atoms with Gasteiger partial charge in [0, 0.05) is 0 Å². The molecular weight excluding hydrogens is 212 g/mol. The molecule has 2 aliphatic rings. The van der Waals surface area contributed by atoms with Crippen molar-refractivity contribution < 1.29 is 9.84 Å². The van der Waals surface area contributed by atoms with Crippen LogP contribution < -0.4 is 0 Å². The van der Waals surface area contributed by atoms with E-state index < -0.39 is 0 Å². The van der Waals surface area contributed by atoms with Crippen LogP contribution in [0.5, 0.6) is 0 Å². The zero-order valence-electron chi connectivity index (χ0n) is 11.5. The fraction of sp³-hybridized carbons (Fsp3) is 1.00. The van der Waals surface area contributed by atoms with Crippen LogP contribution in [-0.4, -0.2) is 22.9 Å². The van der Waals surface area contributed by atoms with E-state index in [1.54, 1.807) is 0 Å². The van der Waals surface area contributed by atoms with E-state index in [0.717, 1.165) is 19.3 Å². The molecule has 2 rings (SSSR count). The summed E-state index contributed by atoms with van der Waals surface area (Å²) in [5.41, 5.74) is 0.279. The average Bonchev–Trinajstić information content (AvgIpc) is 2.90. The van der Waals surface area contributed by atoms with Gasteiger partial charge in [0.25, 0.3) is 0 Å². The van der Waals surface area contributed by atoms with Gasteiger partial charge in [0.2, 0.25) is 0 Å². The first-order valence-electron chi connectivity index (χ1n) is 7.47. The lowest BCUT2D eigenvalue weighted by atomic mass is 9.97. The molecule has 0 amide bonds. The van der Waals surface area contributed by atoms with E-state index in [-0.39, 0.29) is 11.7 Å². The van der Waals surface area contributed by atoms with Crippen molar-refractivity contribution in [3.05, 3.63) is 0 Å². The molecule has 2 unspecified atom stereocenters. The SMILES string of the molecule is CC(C)C(O)CCCC1CCC2(CCCC2)O1. The van der Waals surface area contributed by atoms with Crippen molar-refractivity contribution in [1.29, 1.82) is 0 Å². The van der Waals surface area contributed by atoms with Gasteiger partial charge in [-0.3, -0.25) is 0 Å². The third kappa shape index (κ3) is 3.45. The molecule has 1 spiro atoms. The molecule has 0 radical (unpaired) electrons. The highest BCUT2D eigenvalue weighted by atomic mass is 16.5. The second-order valence-electron chi connectivity index (χ2n) is 6.41. The summed E-state index contributed by atoms with van der Waals surface area (Å²) in [6.07, 6.45) is 11.4. The molecule has 1 aliphatic heterocycles. The molecule has 1 N–H and O–H groups in total. The van der Waals surface area contributed by atoms with Crippen LogP contribution in [0, 0.1) is 5.92 Å². The predicted octanol–water partition coefficient (Wildman–Crippen LogP) is 3.67. The quantitative estimate of drug-likeness (QED) is 0.794. The minimum atomic E-state index is -0.128. The van der Waals surface area contributed by atoms with E-state index in [2.05, 4.69) is 13.8 Å². The number of hydrogen-bond donors (Lipinski definition) is 1. The topological polar surface area (TPSA) is 29.5 Å². The van der Waals surface area contributed by atoms with Crippen molar-refractivity contribution in [2.75, 3.05) is 0 Å². The van der Waals surface area contributed by atoms with Crippen molar-refractivity contribution in [3.63, 3.8) is 0 Å². The summed E-state index contributed by atoms with van der Waals surface area (Å²) in [7, 11) is 0. The van der Waals surface area contributed by atoms with Crippen LogP contribution in [0.4, 0.5) is 0 Å². The summed E-state index contributed by atoms with van der Waals surface area (Å²) >= 11 is 0. The van der Waals surface area contributed by atoms with Gasteiger partial charge >= 0.3 is 0 Å². The second kappa shape index (κ2) is 5.71. The number of rotatable bonds is 5. The van der Waals surface area contributed by atoms with Crippen molar-refractivity contribution in [2.45, 2.75) is 89.4 Å². The smallest absolute Gasteiger partial charge is 0.0687 e. The molecule has 0 aromatic rings. The van der Waals surface area contributed by atoms with E-state index in [1.165, 1.54) is 38.5 Å². The molecular formula is C15H28O2. The standard InChI is InChI=1S/C15H28O2/c1-12(2)14(16)7-5-6-13-8-11-15(17-13)9-3-4-10-15/h12-14,16H,3-11H2,1-2H3. The van der Waals surface area contributed by atoms with Crippen LogP contribution in [0.15, 0.2) is 0 Å². The fourth-order valence-corrected chi connectivity index (χ4v) is 3.37. The van der Waals surface area contributed by atoms with E-state index >= 15 is 0 Å². The maximum absolute atomic E-state index is 9.76. The van der Waals surface area contributed by atoms with Crippen LogP contribution in [0.1, 0.15) is 71.6 Å². The summed E-state index contributed by atoms with van der Waals surface area (Å²) in [5.74, 6) is 0.390. The van der Waals surface area contributed by atoms with Gasteiger partial charge in [-0.05, 0) is 50.9 Å². The number of hydrogen-bond acceptors (Lipinski definition) is 2. The highest BCUT2D eigenvalue weighted by Gasteiger charge is 2.41. The zero-order chi connectivity index (χ0) is 12.3. The Hall–Kier alpha value is -0.0800. The van der Waals surface area contributed by atoms with Crippen molar-refractivity contribution in [2.24, 2.45) is 5.92 Å². The maximum Gasteiger partial charge on any atom is 0.0687 e. The molecule has 1 saturated heterocycles.